The van der Waals surface area contributed by atoms with Crippen LogP contribution >= 0.6 is 0 Å². The molecule has 1 unspecified atom stereocenters. The molecule has 10 heteroatoms. The van der Waals surface area contributed by atoms with Crippen molar-refractivity contribution in [2.75, 3.05) is 30.8 Å². The molecule has 0 radical (unpaired) electrons. The minimum Gasteiger partial charge on any atom is -0.351 e. The number of aromatic nitrogens is 3. The number of nitrogens with zero attached hydrogens (tertiary/aromatic N) is 4. The third-order valence-electron chi connectivity index (χ3n) is 7.65. The van der Waals surface area contributed by atoms with Crippen LogP contribution in [0.5, 0.6) is 0 Å². The van der Waals surface area contributed by atoms with Gasteiger partial charge < -0.3 is 15.5 Å². The van der Waals surface area contributed by atoms with Gasteiger partial charge in [-0.15, -0.1) is 0 Å². The second-order valence-corrected chi connectivity index (χ2v) is 12.7. The number of sulfone groups is 1. The lowest BCUT2D eigenvalue weighted by molar-refractivity contribution is 0.0950. The van der Waals surface area contributed by atoms with Crippen molar-refractivity contribution in [2.45, 2.75) is 37.2 Å². The molecule has 0 bridgehead atoms. The maximum atomic E-state index is 12.8. The lowest BCUT2D eigenvalue weighted by Gasteiger charge is -2.37. The van der Waals surface area contributed by atoms with E-state index in [-0.39, 0.29) is 22.9 Å². The molecule has 206 valence electrons. The maximum Gasteiger partial charge on any atom is 0.251 e. The Morgan fingerprint density at radius 2 is 1.90 bits per heavy atom. The summed E-state index contributed by atoms with van der Waals surface area (Å²) in [5.74, 6) is 1.37. The van der Waals surface area contributed by atoms with E-state index in [9.17, 15) is 13.2 Å². The van der Waals surface area contributed by atoms with Crippen LogP contribution in [0.15, 0.2) is 65.7 Å². The van der Waals surface area contributed by atoms with Crippen LogP contribution in [0.2, 0.25) is 0 Å². The number of rotatable bonds is 7. The van der Waals surface area contributed by atoms with Crippen molar-refractivity contribution < 1.29 is 13.2 Å². The van der Waals surface area contributed by atoms with Gasteiger partial charge in [0.1, 0.15) is 5.82 Å². The first-order valence-corrected chi connectivity index (χ1v) is 15.4. The molecule has 9 nitrogen and oxygen atoms in total. The number of pyridine rings is 3. The first-order chi connectivity index (χ1) is 19.3. The summed E-state index contributed by atoms with van der Waals surface area (Å²) in [7, 11) is -3.43. The smallest absolute Gasteiger partial charge is 0.251 e. The molecule has 1 aliphatic carbocycles. The normalized spacial score (nSPS) is 17.6. The van der Waals surface area contributed by atoms with E-state index < -0.39 is 9.84 Å². The Balaban J connectivity index is 1.20. The van der Waals surface area contributed by atoms with Crippen molar-refractivity contribution >= 4 is 32.5 Å². The zero-order chi connectivity index (χ0) is 27.9. The SMILES string of the molecule is Cc1ccc(C(=O)NCc2cc3nc(-c4cccc(N5CCNCC5C5CC5)n4)ccc3cn2)cc1S(C)(=O)=O. The summed E-state index contributed by atoms with van der Waals surface area (Å²) in [6.07, 6.45) is 5.46. The first-order valence-electron chi connectivity index (χ1n) is 13.6. The van der Waals surface area contributed by atoms with Gasteiger partial charge in [-0.05, 0) is 73.7 Å². The molecular weight excluding hydrogens is 524 g/mol. The Morgan fingerprint density at radius 3 is 2.70 bits per heavy atom. The van der Waals surface area contributed by atoms with Crippen molar-refractivity contribution in [3.05, 3.63) is 77.6 Å². The zero-order valence-corrected chi connectivity index (χ0v) is 23.4. The third-order valence-corrected chi connectivity index (χ3v) is 8.89. The van der Waals surface area contributed by atoms with E-state index in [1.165, 1.54) is 18.9 Å². The van der Waals surface area contributed by atoms with Gasteiger partial charge in [0.05, 0.1) is 34.0 Å². The Labute approximate surface area is 234 Å². The fraction of sp³-hybridized carbons (Fsp3) is 0.333. The van der Waals surface area contributed by atoms with Crippen molar-refractivity contribution in [1.82, 2.24) is 25.6 Å². The summed E-state index contributed by atoms with van der Waals surface area (Å²) in [6.45, 7) is 4.79. The molecule has 4 heterocycles. The Hall–Kier alpha value is -3.89. The number of hydrogen-bond donors (Lipinski definition) is 2. The second kappa shape index (κ2) is 10.6. The Kier molecular flexibility index (Phi) is 6.97. The van der Waals surface area contributed by atoms with E-state index in [2.05, 4.69) is 26.6 Å². The summed E-state index contributed by atoms with van der Waals surface area (Å²) >= 11 is 0. The highest BCUT2D eigenvalue weighted by atomic mass is 32.2. The molecule has 6 rings (SSSR count). The zero-order valence-electron chi connectivity index (χ0n) is 22.6. The van der Waals surface area contributed by atoms with Crippen LogP contribution in [0.3, 0.4) is 0 Å². The van der Waals surface area contributed by atoms with Crippen LogP contribution in [-0.4, -0.2) is 61.2 Å². The van der Waals surface area contributed by atoms with Crippen molar-refractivity contribution in [3.63, 3.8) is 0 Å². The number of fused-ring (bicyclic) bond motifs is 1. The number of benzene rings is 1. The van der Waals surface area contributed by atoms with E-state index >= 15 is 0 Å². The quantitative estimate of drug-likeness (QED) is 0.355. The van der Waals surface area contributed by atoms with Crippen LogP contribution in [0, 0.1) is 12.8 Å². The molecule has 2 aliphatic rings. The molecule has 4 aromatic rings. The number of hydrogen-bond acceptors (Lipinski definition) is 8. The molecule has 0 spiro atoms. The molecule has 1 saturated carbocycles. The van der Waals surface area contributed by atoms with Crippen LogP contribution in [-0.2, 0) is 16.4 Å². The molecule has 1 saturated heterocycles. The van der Waals surface area contributed by atoms with Gasteiger partial charge in [0.15, 0.2) is 9.84 Å². The van der Waals surface area contributed by atoms with E-state index in [1.54, 1.807) is 25.3 Å². The molecule has 1 aromatic carbocycles. The van der Waals surface area contributed by atoms with E-state index in [4.69, 9.17) is 9.97 Å². The fourth-order valence-corrected chi connectivity index (χ4v) is 6.34. The summed E-state index contributed by atoms with van der Waals surface area (Å²) < 4.78 is 24.1. The summed E-state index contributed by atoms with van der Waals surface area (Å²) in [6, 6.07) is 17.1. The Morgan fingerprint density at radius 1 is 1.07 bits per heavy atom. The predicted octanol–water partition coefficient (Wildman–Crippen LogP) is 3.52. The maximum absolute atomic E-state index is 12.8. The average Bonchev–Trinajstić information content (AvgIpc) is 3.81. The van der Waals surface area contributed by atoms with Gasteiger partial charge >= 0.3 is 0 Å². The number of nitrogens with one attached hydrogen (secondary N) is 2. The van der Waals surface area contributed by atoms with Crippen LogP contribution in [0.25, 0.3) is 22.3 Å². The van der Waals surface area contributed by atoms with Gasteiger partial charge in [-0.25, -0.2) is 18.4 Å². The highest BCUT2D eigenvalue weighted by Gasteiger charge is 2.37. The van der Waals surface area contributed by atoms with E-state index in [0.717, 1.165) is 59.9 Å². The van der Waals surface area contributed by atoms with Gasteiger partial charge in [-0.2, -0.15) is 0 Å². The van der Waals surface area contributed by atoms with Crippen LogP contribution < -0.4 is 15.5 Å². The second-order valence-electron chi connectivity index (χ2n) is 10.7. The number of anilines is 1. The molecule has 2 fully saturated rings. The van der Waals surface area contributed by atoms with Crippen molar-refractivity contribution in [2.24, 2.45) is 5.92 Å². The highest BCUT2D eigenvalue weighted by molar-refractivity contribution is 7.90. The first kappa shape index (κ1) is 26.3. The van der Waals surface area contributed by atoms with Gasteiger partial charge in [-0.1, -0.05) is 12.1 Å². The minimum absolute atomic E-state index is 0.151. The summed E-state index contributed by atoms with van der Waals surface area (Å²) in [4.78, 5) is 29.7. The van der Waals surface area contributed by atoms with Crippen LogP contribution in [0.1, 0.15) is 34.5 Å². The number of carbonyl (C=O) groups excluding carboxylic acids is 1. The standard InChI is InChI=1S/C30H32N6O3S/c1-19-6-7-21(14-28(19)40(2,38)39)30(37)33-17-23-15-26-22(16-32-23)10-11-25(34-26)24-4-3-5-29(35-24)36-13-12-31-18-27(36)20-8-9-20/h3-7,10-11,14-16,20,27,31H,8-9,12-13,17-18H2,1-2H3,(H,33,37). The molecule has 3 aromatic heterocycles. The van der Waals surface area contributed by atoms with Gasteiger partial charge in [0, 0.05) is 49.1 Å². The lowest BCUT2D eigenvalue weighted by atomic mass is 10.1. The minimum atomic E-state index is -3.43. The van der Waals surface area contributed by atoms with Gasteiger partial charge in [0.25, 0.3) is 5.91 Å². The average molecular weight is 557 g/mol. The van der Waals surface area contributed by atoms with Crippen molar-refractivity contribution in [1.29, 1.82) is 0 Å². The van der Waals surface area contributed by atoms with E-state index in [1.807, 2.05) is 30.3 Å². The van der Waals surface area contributed by atoms with Gasteiger partial charge in [-0.3, -0.25) is 9.78 Å². The Bertz CT molecular complexity index is 1700. The fourth-order valence-electron chi connectivity index (χ4n) is 5.35. The topological polar surface area (TPSA) is 117 Å². The summed E-state index contributed by atoms with van der Waals surface area (Å²) in [5, 5.41) is 7.26. The van der Waals surface area contributed by atoms with Crippen LogP contribution in [0.4, 0.5) is 5.82 Å². The number of amides is 1. The highest BCUT2D eigenvalue weighted by Crippen LogP contribution is 2.37. The summed E-state index contributed by atoms with van der Waals surface area (Å²) in [5.41, 5.74) is 3.90. The van der Waals surface area contributed by atoms with Gasteiger partial charge in [0.2, 0.25) is 0 Å². The van der Waals surface area contributed by atoms with E-state index in [0.29, 0.717) is 17.3 Å². The molecule has 2 N–H and O–H groups in total. The monoisotopic (exact) mass is 556 g/mol. The number of carbonyl (C=O) groups is 1. The third kappa shape index (κ3) is 5.55. The molecular formula is C30H32N6O3S. The van der Waals surface area contributed by atoms with Crippen molar-refractivity contribution in [3.8, 4) is 11.4 Å². The molecule has 1 atom stereocenters. The largest absolute Gasteiger partial charge is 0.351 e. The predicted molar refractivity (Wildman–Crippen MR) is 155 cm³/mol. The number of piperazine rings is 1. The number of aryl methyl sites for hydroxylation is 1. The molecule has 1 amide bonds. The molecule has 40 heavy (non-hydrogen) atoms. The lowest BCUT2D eigenvalue weighted by Crippen LogP contribution is -2.52. The molecule has 1 aliphatic heterocycles.